The molecule has 0 bridgehead atoms. The Labute approximate surface area is 123 Å². The van der Waals surface area contributed by atoms with E-state index in [1.165, 1.54) is 19.2 Å². The van der Waals surface area contributed by atoms with Gasteiger partial charge in [-0.1, -0.05) is 11.6 Å². The van der Waals surface area contributed by atoms with Gasteiger partial charge in [0.15, 0.2) is 0 Å². The molecule has 0 atom stereocenters. The van der Waals surface area contributed by atoms with Crippen LogP contribution in [0.1, 0.15) is 24.2 Å². The van der Waals surface area contributed by atoms with E-state index in [1.54, 1.807) is 13.8 Å². The predicted octanol–water partition coefficient (Wildman–Crippen LogP) is 1.14. The van der Waals surface area contributed by atoms with Crippen LogP contribution in [0.3, 0.4) is 0 Å². The molecular formula is C12H17ClN2O4S. The molecule has 1 rings (SSSR count). The molecule has 0 aliphatic heterocycles. The molecule has 3 N–H and O–H groups in total. The first-order valence-electron chi connectivity index (χ1n) is 5.72. The maximum absolute atomic E-state index is 12.0. The zero-order valence-corrected chi connectivity index (χ0v) is 13.0. The van der Waals surface area contributed by atoms with Crippen LogP contribution in [-0.2, 0) is 14.8 Å². The molecule has 0 heterocycles. The van der Waals surface area contributed by atoms with E-state index in [2.05, 4.69) is 5.32 Å². The average Bonchev–Trinajstić information content (AvgIpc) is 2.35. The number of carbonyl (C=O) groups is 1. The van der Waals surface area contributed by atoms with Gasteiger partial charge in [0.1, 0.15) is 0 Å². The maximum atomic E-state index is 12.0. The lowest BCUT2D eigenvalue weighted by Crippen LogP contribution is -2.39. The number of benzene rings is 1. The van der Waals surface area contributed by atoms with E-state index in [0.717, 1.165) is 6.07 Å². The Morgan fingerprint density at radius 2 is 2.05 bits per heavy atom. The molecule has 112 valence electrons. The first-order valence-corrected chi connectivity index (χ1v) is 7.65. The number of carbonyl (C=O) groups excluding carboxylic acids is 1. The molecule has 0 spiro atoms. The molecular weight excluding hydrogens is 304 g/mol. The third kappa shape index (κ3) is 4.45. The number of primary sulfonamides is 1. The van der Waals surface area contributed by atoms with Gasteiger partial charge < -0.3 is 10.1 Å². The normalized spacial score (nSPS) is 12.2. The molecule has 0 saturated carbocycles. The lowest BCUT2D eigenvalue weighted by molar-refractivity contribution is 0.0229. The van der Waals surface area contributed by atoms with Crippen molar-refractivity contribution in [3.8, 4) is 0 Å². The molecule has 1 aromatic carbocycles. The highest BCUT2D eigenvalue weighted by Crippen LogP contribution is 2.20. The Kier molecular flexibility index (Phi) is 5.15. The highest BCUT2D eigenvalue weighted by atomic mass is 35.5. The Bertz CT molecular complexity index is 614. The van der Waals surface area contributed by atoms with E-state index in [4.69, 9.17) is 21.5 Å². The van der Waals surface area contributed by atoms with E-state index >= 15 is 0 Å². The summed E-state index contributed by atoms with van der Waals surface area (Å²) in [5, 5.41) is 7.79. The molecule has 0 saturated heterocycles. The molecule has 1 amide bonds. The Morgan fingerprint density at radius 1 is 1.45 bits per heavy atom. The third-order valence-electron chi connectivity index (χ3n) is 2.74. The van der Waals surface area contributed by atoms with E-state index in [-0.39, 0.29) is 22.0 Å². The SMILES string of the molecule is COC(C)(C)CNC(=O)c1cc(S(N)(=O)=O)ccc1Cl. The largest absolute Gasteiger partial charge is 0.377 e. The number of methoxy groups -OCH3 is 1. The van der Waals surface area contributed by atoms with Gasteiger partial charge >= 0.3 is 0 Å². The van der Waals surface area contributed by atoms with Crippen LogP contribution in [0.2, 0.25) is 5.02 Å². The van der Waals surface area contributed by atoms with Crippen molar-refractivity contribution in [1.29, 1.82) is 0 Å². The van der Waals surface area contributed by atoms with Crippen molar-refractivity contribution in [3.05, 3.63) is 28.8 Å². The molecule has 0 radical (unpaired) electrons. The van der Waals surface area contributed by atoms with Crippen LogP contribution in [0.25, 0.3) is 0 Å². The Hall–Kier alpha value is -1.15. The minimum Gasteiger partial charge on any atom is -0.377 e. The van der Waals surface area contributed by atoms with E-state index in [9.17, 15) is 13.2 Å². The molecule has 0 aliphatic rings. The minimum absolute atomic E-state index is 0.0464. The maximum Gasteiger partial charge on any atom is 0.252 e. The molecule has 0 aromatic heterocycles. The smallest absolute Gasteiger partial charge is 0.252 e. The first-order chi connectivity index (χ1) is 9.07. The van der Waals surface area contributed by atoms with Gasteiger partial charge in [0.2, 0.25) is 10.0 Å². The summed E-state index contributed by atoms with van der Waals surface area (Å²) < 4.78 is 27.7. The third-order valence-corrected chi connectivity index (χ3v) is 3.98. The first kappa shape index (κ1) is 16.9. The van der Waals surface area contributed by atoms with Crippen molar-refractivity contribution < 1.29 is 17.9 Å². The van der Waals surface area contributed by atoms with E-state index in [1.807, 2.05) is 0 Å². The second kappa shape index (κ2) is 6.09. The standard InChI is InChI=1S/C12H17ClN2O4S/c1-12(2,19-3)7-15-11(16)9-6-8(20(14,17)18)4-5-10(9)13/h4-6H,7H2,1-3H3,(H,15,16)(H2,14,17,18). The van der Waals surface area contributed by atoms with Crippen LogP contribution in [-0.4, -0.2) is 33.6 Å². The summed E-state index contributed by atoms with van der Waals surface area (Å²) in [5.41, 5.74) is -0.496. The zero-order valence-electron chi connectivity index (χ0n) is 11.4. The average molecular weight is 321 g/mol. The quantitative estimate of drug-likeness (QED) is 0.850. The second-order valence-electron chi connectivity index (χ2n) is 4.83. The molecule has 20 heavy (non-hydrogen) atoms. The van der Waals surface area contributed by atoms with Crippen LogP contribution in [0.15, 0.2) is 23.1 Å². The number of hydrogen-bond donors (Lipinski definition) is 2. The van der Waals surface area contributed by atoms with Crippen LogP contribution < -0.4 is 10.5 Å². The number of hydrogen-bond acceptors (Lipinski definition) is 4. The summed E-state index contributed by atoms with van der Waals surface area (Å²) in [4.78, 5) is 11.9. The summed E-state index contributed by atoms with van der Waals surface area (Å²) in [6.07, 6.45) is 0. The summed E-state index contributed by atoms with van der Waals surface area (Å²) in [5.74, 6) is -0.495. The van der Waals surface area contributed by atoms with Gasteiger partial charge in [0.25, 0.3) is 5.91 Å². The molecule has 0 aliphatic carbocycles. The van der Waals surface area contributed by atoms with Crippen molar-refractivity contribution in [1.82, 2.24) is 5.32 Å². The predicted molar refractivity (Wildman–Crippen MR) is 76.2 cm³/mol. The highest BCUT2D eigenvalue weighted by Gasteiger charge is 2.20. The number of nitrogens with two attached hydrogens (primary N) is 1. The molecule has 0 fully saturated rings. The summed E-state index contributed by atoms with van der Waals surface area (Å²) >= 11 is 5.90. The van der Waals surface area contributed by atoms with Crippen LogP contribution >= 0.6 is 11.6 Å². The summed E-state index contributed by atoms with van der Waals surface area (Å²) in [6, 6.07) is 3.71. The van der Waals surface area contributed by atoms with Crippen LogP contribution in [0, 0.1) is 0 Å². The van der Waals surface area contributed by atoms with E-state index in [0.29, 0.717) is 0 Å². The number of ether oxygens (including phenoxy) is 1. The second-order valence-corrected chi connectivity index (χ2v) is 6.80. The fraction of sp³-hybridized carbons (Fsp3) is 0.417. The van der Waals surface area contributed by atoms with Gasteiger partial charge in [0, 0.05) is 13.7 Å². The number of halogens is 1. The van der Waals surface area contributed by atoms with Gasteiger partial charge in [-0.2, -0.15) is 0 Å². The fourth-order valence-electron chi connectivity index (χ4n) is 1.32. The molecule has 8 heteroatoms. The lowest BCUT2D eigenvalue weighted by atomic mass is 10.1. The van der Waals surface area contributed by atoms with Gasteiger partial charge in [-0.3, -0.25) is 4.79 Å². The Morgan fingerprint density at radius 3 is 2.55 bits per heavy atom. The number of rotatable bonds is 5. The monoisotopic (exact) mass is 320 g/mol. The highest BCUT2D eigenvalue weighted by molar-refractivity contribution is 7.89. The van der Waals surface area contributed by atoms with Gasteiger partial charge in [-0.25, -0.2) is 13.6 Å². The zero-order chi connectivity index (χ0) is 15.6. The topological polar surface area (TPSA) is 98.5 Å². The lowest BCUT2D eigenvalue weighted by Gasteiger charge is -2.23. The molecule has 6 nitrogen and oxygen atoms in total. The number of nitrogens with one attached hydrogen (secondary N) is 1. The van der Waals surface area contributed by atoms with Crippen molar-refractivity contribution in [2.24, 2.45) is 5.14 Å². The van der Waals surface area contributed by atoms with Crippen LogP contribution in [0.4, 0.5) is 0 Å². The molecule has 1 aromatic rings. The van der Waals surface area contributed by atoms with Gasteiger partial charge in [0.05, 0.1) is 21.1 Å². The number of amides is 1. The summed E-state index contributed by atoms with van der Waals surface area (Å²) in [6.45, 7) is 3.85. The van der Waals surface area contributed by atoms with Crippen molar-refractivity contribution >= 4 is 27.5 Å². The van der Waals surface area contributed by atoms with Crippen molar-refractivity contribution in [3.63, 3.8) is 0 Å². The molecule has 0 unspecified atom stereocenters. The van der Waals surface area contributed by atoms with Crippen molar-refractivity contribution in [2.75, 3.05) is 13.7 Å². The van der Waals surface area contributed by atoms with Gasteiger partial charge in [-0.05, 0) is 32.0 Å². The van der Waals surface area contributed by atoms with E-state index < -0.39 is 21.5 Å². The number of sulfonamides is 1. The fourth-order valence-corrected chi connectivity index (χ4v) is 2.06. The van der Waals surface area contributed by atoms with Gasteiger partial charge in [-0.15, -0.1) is 0 Å². The van der Waals surface area contributed by atoms with Crippen LogP contribution in [0.5, 0.6) is 0 Å². The Balaban J connectivity index is 2.99. The summed E-state index contributed by atoms with van der Waals surface area (Å²) in [7, 11) is -2.36. The van der Waals surface area contributed by atoms with Crippen molar-refractivity contribution in [2.45, 2.75) is 24.3 Å². The minimum atomic E-state index is -3.89.